The van der Waals surface area contributed by atoms with E-state index in [4.69, 9.17) is 9.97 Å². The van der Waals surface area contributed by atoms with E-state index >= 15 is 0 Å². The second kappa shape index (κ2) is 13.4. The number of isocyanates is 1. The average molecular weight is 698 g/mol. The lowest BCUT2D eigenvalue weighted by molar-refractivity contribution is 0.565. The number of aromatic amines is 2. The molecule has 258 valence electrons. The molecule has 6 nitrogen and oxygen atoms in total. The van der Waals surface area contributed by atoms with Crippen LogP contribution in [-0.4, -0.2) is 26.0 Å². The van der Waals surface area contributed by atoms with Crippen molar-refractivity contribution in [3.05, 3.63) is 161 Å². The van der Waals surface area contributed by atoms with E-state index in [2.05, 4.69) is 157 Å². The van der Waals surface area contributed by atoms with Crippen molar-refractivity contribution >= 4 is 58.1 Å². The molecule has 2 N–H and O–H groups in total. The van der Waals surface area contributed by atoms with Gasteiger partial charge in [0.1, 0.15) is 0 Å². The number of aryl methyl sites for hydroxylation is 3. The molecule has 5 heterocycles. The van der Waals surface area contributed by atoms with E-state index < -0.39 is 0 Å². The third-order valence-corrected chi connectivity index (χ3v) is 10.1. The minimum atomic E-state index is 0.521. The molecule has 0 atom stereocenters. The quantitative estimate of drug-likeness (QED) is 0.139. The van der Waals surface area contributed by atoms with Crippen LogP contribution < -0.4 is 0 Å². The number of fused-ring (bicyclic) bond motifs is 8. The van der Waals surface area contributed by atoms with E-state index in [0.717, 1.165) is 89.4 Å². The van der Waals surface area contributed by atoms with Gasteiger partial charge in [-0.05, 0) is 104 Å². The Morgan fingerprint density at radius 3 is 1.15 bits per heavy atom. The third-order valence-electron chi connectivity index (χ3n) is 10.1. The van der Waals surface area contributed by atoms with Crippen LogP contribution in [0.5, 0.6) is 0 Å². The Bertz CT molecular complexity index is 2840. The zero-order valence-corrected chi connectivity index (χ0v) is 30.1. The Labute approximate surface area is 313 Å². The summed E-state index contributed by atoms with van der Waals surface area (Å²) in [5, 5.41) is 0. The van der Waals surface area contributed by atoms with Gasteiger partial charge in [0, 0.05) is 44.3 Å². The number of aliphatic imine (C=N–C) groups is 1. The second-order valence-corrected chi connectivity index (χ2v) is 13.9. The first-order valence-corrected chi connectivity index (χ1v) is 18.0. The molecule has 0 unspecified atom stereocenters. The lowest BCUT2D eigenvalue weighted by Crippen LogP contribution is -1.90. The van der Waals surface area contributed by atoms with Crippen molar-refractivity contribution < 1.29 is 4.79 Å². The van der Waals surface area contributed by atoms with E-state index in [1.165, 1.54) is 16.7 Å². The number of rotatable bonds is 5. The summed E-state index contributed by atoms with van der Waals surface area (Å²) >= 11 is 0. The average Bonchev–Trinajstić information content (AvgIpc) is 4.02. The smallest absolute Gasteiger partial charge is 0.240 e. The maximum Gasteiger partial charge on any atom is 0.240 e. The molecule has 8 bridgehead atoms. The molecule has 0 aliphatic carbocycles. The Morgan fingerprint density at radius 1 is 0.444 bits per heavy atom. The fourth-order valence-corrected chi connectivity index (χ4v) is 7.36. The number of aromatic nitrogens is 4. The van der Waals surface area contributed by atoms with Crippen LogP contribution in [0.25, 0.3) is 90.9 Å². The normalized spacial score (nSPS) is 11.8. The Kier molecular flexibility index (Phi) is 8.15. The lowest BCUT2D eigenvalue weighted by Gasteiger charge is -2.07. The van der Waals surface area contributed by atoms with Gasteiger partial charge in [0.25, 0.3) is 0 Å². The molecule has 0 radical (unpaired) electrons. The molecule has 0 spiro atoms. The number of nitrogens with zero attached hydrogens (tertiary/aromatic N) is 3. The standard InChI is InChI=1S/C48H35N5O/c1-29-7-13-32(14-8-29)45-37-19-21-39(50-37)46(33-15-9-30(2)10-16-33)41-23-25-43(52-41)48(35-5-4-6-36(27-35)49-28-54)44-26-24-42(53-44)47(40-22-20-38(45)51-40)34-17-11-31(3)12-18-34/h4-27,50,53H,1-3H3. The molecular formula is C48H35N5O. The van der Waals surface area contributed by atoms with Crippen LogP contribution in [0.15, 0.2) is 126 Å². The highest BCUT2D eigenvalue weighted by atomic mass is 16.1. The first kappa shape index (κ1) is 32.7. The topological polar surface area (TPSA) is 86.8 Å². The van der Waals surface area contributed by atoms with Gasteiger partial charge >= 0.3 is 0 Å². The highest BCUT2D eigenvalue weighted by molar-refractivity contribution is 6.00. The third kappa shape index (κ3) is 6.01. The van der Waals surface area contributed by atoms with Crippen LogP contribution in [0.1, 0.15) is 39.5 Å². The molecule has 3 aromatic heterocycles. The predicted octanol–water partition coefficient (Wildman–Crippen LogP) is 12.2. The first-order valence-electron chi connectivity index (χ1n) is 18.0. The van der Waals surface area contributed by atoms with Gasteiger partial charge in [-0.15, -0.1) is 0 Å². The Morgan fingerprint density at radius 2 is 0.796 bits per heavy atom. The van der Waals surface area contributed by atoms with Gasteiger partial charge in [0.2, 0.25) is 6.08 Å². The van der Waals surface area contributed by atoms with Crippen molar-refractivity contribution in [2.75, 3.05) is 0 Å². The molecule has 0 saturated heterocycles. The summed E-state index contributed by atoms with van der Waals surface area (Å²) in [5.41, 5.74) is 19.0. The van der Waals surface area contributed by atoms with Gasteiger partial charge in [-0.3, -0.25) is 0 Å². The number of carbonyl (C=O) groups excluding carboxylic acids is 1. The van der Waals surface area contributed by atoms with E-state index in [1.54, 1.807) is 12.1 Å². The Balaban J connectivity index is 1.47. The van der Waals surface area contributed by atoms with Gasteiger partial charge in [-0.1, -0.05) is 102 Å². The molecular weight excluding hydrogens is 663 g/mol. The largest absolute Gasteiger partial charge is 0.354 e. The molecule has 0 amide bonds. The van der Waals surface area contributed by atoms with Crippen molar-refractivity contribution in [2.24, 2.45) is 4.99 Å². The minimum Gasteiger partial charge on any atom is -0.354 e. The maximum absolute atomic E-state index is 11.3. The van der Waals surface area contributed by atoms with Crippen molar-refractivity contribution in [3.63, 3.8) is 0 Å². The molecule has 0 fully saturated rings. The summed E-state index contributed by atoms with van der Waals surface area (Å²) in [6, 6.07) is 41.9. The molecule has 6 heteroatoms. The minimum absolute atomic E-state index is 0.521. The van der Waals surface area contributed by atoms with Gasteiger partial charge in [0.15, 0.2) is 0 Å². The summed E-state index contributed by atoms with van der Waals surface area (Å²) in [7, 11) is 0. The second-order valence-electron chi connectivity index (χ2n) is 13.9. The number of nitrogens with one attached hydrogen (secondary N) is 2. The van der Waals surface area contributed by atoms with Gasteiger partial charge in [-0.2, -0.15) is 4.99 Å². The lowest BCUT2D eigenvalue weighted by atomic mass is 10.0. The van der Waals surface area contributed by atoms with Crippen LogP contribution >= 0.6 is 0 Å². The summed E-state index contributed by atoms with van der Waals surface area (Å²) in [4.78, 5) is 33.6. The monoisotopic (exact) mass is 697 g/mol. The van der Waals surface area contributed by atoms with Crippen molar-refractivity contribution in [1.82, 2.24) is 19.9 Å². The predicted molar refractivity (Wildman–Crippen MR) is 223 cm³/mol. The van der Waals surface area contributed by atoms with Crippen LogP contribution in [0.2, 0.25) is 0 Å². The fraction of sp³-hybridized carbons (Fsp3) is 0.0625. The van der Waals surface area contributed by atoms with E-state index in [1.807, 2.05) is 18.2 Å². The maximum atomic E-state index is 11.3. The summed E-state index contributed by atoms with van der Waals surface area (Å²) in [6.07, 6.45) is 10.1. The van der Waals surface area contributed by atoms with Crippen molar-refractivity contribution in [3.8, 4) is 44.5 Å². The number of benzene rings is 4. The highest BCUT2D eigenvalue weighted by Gasteiger charge is 2.19. The molecule has 2 aliphatic heterocycles. The summed E-state index contributed by atoms with van der Waals surface area (Å²) in [6.45, 7) is 6.30. The van der Waals surface area contributed by atoms with Crippen LogP contribution in [0.4, 0.5) is 5.69 Å². The molecule has 4 aromatic carbocycles. The molecule has 9 rings (SSSR count). The SMILES string of the molecule is Cc1ccc(-c2c3nc(c(-c4ccc(C)cc4)c4ccc([nH]4)c(-c4cccc(N=C=O)c4)c4nc(c(-c5ccc(C)cc5)c5ccc2[nH]5)C=C4)C=C3)cc1. The van der Waals surface area contributed by atoms with Crippen LogP contribution in [-0.2, 0) is 4.79 Å². The highest BCUT2D eigenvalue weighted by Crippen LogP contribution is 2.39. The van der Waals surface area contributed by atoms with Crippen LogP contribution in [0.3, 0.4) is 0 Å². The van der Waals surface area contributed by atoms with Crippen molar-refractivity contribution in [2.45, 2.75) is 20.8 Å². The zero-order valence-electron chi connectivity index (χ0n) is 30.1. The van der Waals surface area contributed by atoms with E-state index in [9.17, 15) is 4.79 Å². The number of hydrogen-bond donors (Lipinski definition) is 2. The van der Waals surface area contributed by atoms with Crippen molar-refractivity contribution in [1.29, 1.82) is 0 Å². The van der Waals surface area contributed by atoms with E-state index in [0.29, 0.717) is 5.69 Å². The van der Waals surface area contributed by atoms with Crippen LogP contribution in [0, 0.1) is 20.8 Å². The Hall–Kier alpha value is -7.14. The molecule has 7 aromatic rings. The first-order chi connectivity index (χ1) is 26.4. The molecule has 54 heavy (non-hydrogen) atoms. The van der Waals surface area contributed by atoms with Gasteiger partial charge in [0.05, 0.1) is 28.5 Å². The molecule has 2 aliphatic rings. The molecule has 0 saturated carbocycles. The zero-order chi connectivity index (χ0) is 36.8. The van der Waals surface area contributed by atoms with E-state index in [-0.39, 0.29) is 0 Å². The number of H-pyrrole nitrogens is 2. The van der Waals surface area contributed by atoms with Gasteiger partial charge in [-0.25, -0.2) is 14.8 Å². The van der Waals surface area contributed by atoms with Gasteiger partial charge < -0.3 is 9.97 Å². The fourth-order valence-electron chi connectivity index (χ4n) is 7.36. The number of hydrogen-bond acceptors (Lipinski definition) is 4. The summed E-state index contributed by atoms with van der Waals surface area (Å²) in [5.74, 6) is 0. The summed E-state index contributed by atoms with van der Waals surface area (Å²) < 4.78 is 0.